The minimum atomic E-state index is -0.0715. The Hall–Kier alpha value is -3.89. The number of benzene rings is 4. The molecule has 1 aliphatic carbocycles. The van der Waals surface area contributed by atoms with Gasteiger partial charge in [-0.05, 0) is 54.9 Å². The first-order valence-electron chi connectivity index (χ1n) is 10.5. The van der Waals surface area contributed by atoms with Gasteiger partial charge in [-0.1, -0.05) is 54.6 Å². The fourth-order valence-electron chi connectivity index (χ4n) is 3.83. The Morgan fingerprint density at radius 3 is 2.34 bits per heavy atom. The summed E-state index contributed by atoms with van der Waals surface area (Å²) in [4.78, 5) is 12.0. The highest BCUT2D eigenvalue weighted by Gasteiger charge is 2.18. The fourth-order valence-corrected chi connectivity index (χ4v) is 3.83. The molecule has 0 unspecified atom stereocenters. The van der Waals surface area contributed by atoms with Crippen LogP contribution in [0, 0.1) is 6.92 Å². The molecule has 2 aliphatic rings. The molecule has 1 heterocycles. The van der Waals surface area contributed by atoms with Gasteiger partial charge in [0.2, 0.25) is 0 Å². The van der Waals surface area contributed by atoms with Crippen LogP contribution in [0.2, 0.25) is 0 Å². The van der Waals surface area contributed by atoms with Gasteiger partial charge in [0.15, 0.2) is 5.43 Å². The second kappa shape index (κ2) is 9.50. The zero-order valence-electron chi connectivity index (χ0n) is 18.2. The van der Waals surface area contributed by atoms with Crippen molar-refractivity contribution in [2.24, 2.45) is 5.73 Å². The number of hydrogen-bond acceptors (Lipinski definition) is 4. The van der Waals surface area contributed by atoms with Crippen molar-refractivity contribution in [1.29, 1.82) is 0 Å². The van der Waals surface area contributed by atoms with E-state index in [0.29, 0.717) is 18.0 Å². The average molecular weight is 424 g/mol. The minimum Gasteiger partial charge on any atom is -0.489 e. The number of fused-ring (bicyclic) bond motifs is 2. The topological polar surface area (TPSA) is 65.5 Å². The second-order valence-corrected chi connectivity index (χ2v) is 7.38. The van der Waals surface area contributed by atoms with Crippen LogP contribution in [0.3, 0.4) is 0 Å². The molecule has 4 nitrogen and oxygen atoms in total. The normalized spacial score (nSPS) is 10.6. The van der Waals surface area contributed by atoms with Gasteiger partial charge < -0.3 is 14.9 Å². The summed E-state index contributed by atoms with van der Waals surface area (Å²) in [5.41, 5.74) is 10.5. The molecule has 0 amide bonds. The predicted octanol–water partition coefficient (Wildman–Crippen LogP) is 6.03. The molecule has 0 bridgehead atoms. The summed E-state index contributed by atoms with van der Waals surface area (Å²) in [6.45, 7) is 2.58. The lowest BCUT2D eigenvalue weighted by atomic mass is 9.91. The summed E-state index contributed by atoms with van der Waals surface area (Å²) >= 11 is 0. The van der Waals surface area contributed by atoms with Gasteiger partial charge in [-0.2, -0.15) is 0 Å². The van der Waals surface area contributed by atoms with E-state index in [1.807, 2.05) is 66.7 Å². The standard InChI is InChI=1S/C27H20O3.CH5N/c1-18-7-5-6-10-22(18)27-23-13-11-20(28)15-25(23)30-26-16-21(12-14-24(26)27)29-17-19-8-3-2-4-9-19;1-2/h2-16H,17H2,1H3;2H2,1H3. The van der Waals surface area contributed by atoms with Crippen LogP contribution >= 0.6 is 0 Å². The maximum Gasteiger partial charge on any atom is 0.182 e. The van der Waals surface area contributed by atoms with Crippen molar-refractivity contribution in [1.82, 2.24) is 0 Å². The quantitative estimate of drug-likeness (QED) is 0.359. The molecule has 2 N–H and O–H groups in total. The van der Waals surface area contributed by atoms with Crippen molar-refractivity contribution in [3.63, 3.8) is 0 Å². The summed E-state index contributed by atoms with van der Waals surface area (Å²) < 4.78 is 12.1. The van der Waals surface area contributed by atoms with Crippen LogP contribution < -0.4 is 15.9 Å². The van der Waals surface area contributed by atoms with Crippen molar-refractivity contribution >= 4 is 11.0 Å². The molecule has 0 atom stereocenters. The first-order valence-corrected chi connectivity index (χ1v) is 10.5. The average Bonchev–Trinajstić information content (AvgIpc) is 2.83. The molecule has 3 aromatic rings. The lowest BCUT2D eigenvalue weighted by Gasteiger charge is -2.17. The Balaban J connectivity index is 0.00000119. The molecule has 4 heteroatoms. The van der Waals surface area contributed by atoms with E-state index >= 15 is 0 Å². The zero-order valence-corrected chi connectivity index (χ0v) is 18.2. The van der Waals surface area contributed by atoms with Gasteiger partial charge >= 0.3 is 0 Å². The number of hydrogen-bond donors (Lipinski definition) is 1. The number of nitrogens with two attached hydrogens (primary N) is 1. The SMILES string of the molecule is CN.Cc1ccccc1-c1c2ccc(=O)cc-2oc2cc(OCc3ccccc3)ccc12. The molecule has 1 aliphatic heterocycles. The summed E-state index contributed by atoms with van der Waals surface area (Å²) in [5.74, 6) is 1.30. The first-order chi connectivity index (χ1) is 15.7. The Bertz CT molecular complexity index is 1370. The van der Waals surface area contributed by atoms with Gasteiger partial charge in [0.05, 0.1) is 0 Å². The Morgan fingerprint density at radius 1 is 0.812 bits per heavy atom. The molecule has 5 rings (SSSR count). The highest BCUT2D eigenvalue weighted by molar-refractivity contribution is 6.02. The lowest BCUT2D eigenvalue weighted by molar-refractivity contribution is 0.306. The third kappa shape index (κ3) is 4.27. The molecule has 0 saturated heterocycles. The predicted molar refractivity (Wildman–Crippen MR) is 130 cm³/mol. The number of rotatable bonds is 4. The summed E-state index contributed by atoms with van der Waals surface area (Å²) in [5, 5.41) is 0.988. The molecule has 32 heavy (non-hydrogen) atoms. The lowest BCUT2D eigenvalue weighted by Crippen LogP contribution is -2.00. The molecule has 0 radical (unpaired) electrons. The second-order valence-electron chi connectivity index (χ2n) is 7.38. The first kappa shape index (κ1) is 21.3. The van der Waals surface area contributed by atoms with Crippen molar-refractivity contribution in [2.45, 2.75) is 13.5 Å². The third-order valence-electron chi connectivity index (χ3n) is 5.33. The van der Waals surface area contributed by atoms with E-state index in [2.05, 4.69) is 24.8 Å². The van der Waals surface area contributed by atoms with Crippen molar-refractivity contribution < 1.29 is 9.15 Å². The van der Waals surface area contributed by atoms with E-state index in [1.54, 1.807) is 12.1 Å². The third-order valence-corrected chi connectivity index (χ3v) is 5.33. The van der Waals surface area contributed by atoms with Crippen LogP contribution in [0.15, 0.2) is 100 Å². The highest BCUT2D eigenvalue weighted by atomic mass is 16.5. The van der Waals surface area contributed by atoms with Gasteiger partial charge in [-0.25, -0.2) is 0 Å². The monoisotopic (exact) mass is 423 g/mol. The largest absolute Gasteiger partial charge is 0.489 e. The Morgan fingerprint density at radius 2 is 1.56 bits per heavy atom. The highest BCUT2D eigenvalue weighted by Crippen LogP contribution is 2.41. The van der Waals surface area contributed by atoms with Crippen LogP contribution in [-0.4, -0.2) is 7.05 Å². The molecule has 0 saturated carbocycles. The van der Waals surface area contributed by atoms with E-state index < -0.39 is 0 Å². The van der Waals surface area contributed by atoms with Crippen LogP contribution in [0.5, 0.6) is 5.75 Å². The number of ether oxygens (including phenoxy) is 1. The molecule has 0 spiro atoms. The van der Waals surface area contributed by atoms with Crippen molar-refractivity contribution in [2.75, 3.05) is 7.05 Å². The molecule has 3 aromatic carbocycles. The van der Waals surface area contributed by atoms with Crippen LogP contribution in [0.4, 0.5) is 0 Å². The zero-order chi connectivity index (χ0) is 22.5. The Labute approximate surface area is 187 Å². The molecular formula is C28H25NO3. The number of aryl methyl sites for hydroxylation is 1. The van der Waals surface area contributed by atoms with E-state index in [4.69, 9.17) is 9.15 Å². The van der Waals surface area contributed by atoms with Gasteiger partial charge in [0.25, 0.3) is 0 Å². The summed E-state index contributed by atoms with van der Waals surface area (Å²) in [6, 6.07) is 29.2. The van der Waals surface area contributed by atoms with E-state index in [1.165, 1.54) is 12.6 Å². The van der Waals surface area contributed by atoms with Crippen LogP contribution in [0.1, 0.15) is 11.1 Å². The minimum absolute atomic E-state index is 0.0715. The Kier molecular flexibility index (Phi) is 6.34. The van der Waals surface area contributed by atoms with Gasteiger partial charge in [0.1, 0.15) is 23.7 Å². The smallest absolute Gasteiger partial charge is 0.182 e. The summed E-state index contributed by atoms with van der Waals surface area (Å²) in [7, 11) is 1.50. The molecule has 0 fully saturated rings. The van der Waals surface area contributed by atoms with Gasteiger partial charge in [0, 0.05) is 28.6 Å². The van der Waals surface area contributed by atoms with Gasteiger partial charge in [-0.15, -0.1) is 0 Å². The maximum absolute atomic E-state index is 12.0. The van der Waals surface area contributed by atoms with Crippen molar-refractivity contribution in [3.05, 3.63) is 112 Å². The molecule has 160 valence electrons. The molecular weight excluding hydrogens is 398 g/mol. The van der Waals surface area contributed by atoms with E-state index in [-0.39, 0.29) is 5.43 Å². The fraction of sp³-hybridized carbons (Fsp3) is 0.107. The summed E-state index contributed by atoms with van der Waals surface area (Å²) in [6.07, 6.45) is 0. The van der Waals surface area contributed by atoms with Crippen LogP contribution in [-0.2, 0) is 6.61 Å². The maximum atomic E-state index is 12.0. The van der Waals surface area contributed by atoms with E-state index in [0.717, 1.165) is 33.4 Å². The van der Waals surface area contributed by atoms with Gasteiger partial charge in [-0.3, -0.25) is 4.79 Å². The van der Waals surface area contributed by atoms with Crippen molar-refractivity contribution in [3.8, 4) is 28.2 Å². The molecule has 0 aromatic heterocycles. The van der Waals surface area contributed by atoms with Crippen LogP contribution in [0.25, 0.3) is 33.4 Å². The van der Waals surface area contributed by atoms with E-state index in [9.17, 15) is 4.79 Å².